The lowest BCUT2D eigenvalue weighted by Gasteiger charge is -2.16. The van der Waals surface area contributed by atoms with Gasteiger partial charge in [0.2, 0.25) is 10.0 Å². The quantitative estimate of drug-likeness (QED) is 0.805. The van der Waals surface area contributed by atoms with Crippen molar-refractivity contribution in [3.63, 3.8) is 0 Å². The monoisotopic (exact) mass is 411 g/mol. The summed E-state index contributed by atoms with van der Waals surface area (Å²) in [6.45, 7) is 4.66. The number of imide groups is 1. The van der Waals surface area contributed by atoms with Crippen LogP contribution in [0.15, 0.2) is 17.5 Å². The Hall–Kier alpha value is -2.40. The summed E-state index contributed by atoms with van der Waals surface area (Å²) in [4.78, 5) is 26.3. The highest BCUT2D eigenvalue weighted by molar-refractivity contribution is 7.88. The minimum absolute atomic E-state index is 0.0211. The number of nitrogens with one attached hydrogen (secondary N) is 1. The van der Waals surface area contributed by atoms with Gasteiger partial charge in [-0.25, -0.2) is 27.2 Å². The summed E-state index contributed by atoms with van der Waals surface area (Å²) in [6.07, 6.45) is 0.945. The molecule has 0 unspecified atom stereocenters. The van der Waals surface area contributed by atoms with E-state index in [-0.39, 0.29) is 19.6 Å². The number of sulfonamides is 1. The van der Waals surface area contributed by atoms with E-state index < -0.39 is 22.1 Å². The standard InChI is InChI=1S/C16H21N5O4S2/c1-11-14(13-5-4-10-26-13)12(2)20(18-11)7-6-17-15(22)19-8-9-21(16(19)23)27(3,24)25/h4-5,10H,6-9H2,1-3H3,(H,17,22). The highest BCUT2D eigenvalue weighted by atomic mass is 32.2. The molecule has 0 aromatic carbocycles. The third-order valence-corrected chi connectivity index (χ3v) is 6.39. The minimum atomic E-state index is -3.66. The predicted octanol–water partition coefficient (Wildman–Crippen LogP) is 1.64. The maximum absolute atomic E-state index is 12.2. The van der Waals surface area contributed by atoms with Gasteiger partial charge in [0.1, 0.15) is 0 Å². The molecule has 1 saturated heterocycles. The number of aromatic nitrogens is 2. The van der Waals surface area contributed by atoms with Gasteiger partial charge in [0, 0.05) is 22.7 Å². The molecule has 146 valence electrons. The average molecular weight is 412 g/mol. The Morgan fingerprint density at radius 3 is 2.67 bits per heavy atom. The number of hydrogen-bond donors (Lipinski definition) is 1. The summed E-state index contributed by atoms with van der Waals surface area (Å²) in [5, 5.41) is 9.19. The third kappa shape index (κ3) is 3.83. The molecule has 1 fully saturated rings. The first kappa shape index (κ1) is 19.4. The molecular weight excluding hydrogens is 390 g/mol. The van der Waals surface area contributed by atoms with Gasteiger partial charge >= 0.3 is 12.1 Å². The molecular formula is C16H21N5O4S2. The molecule has 4 amide bonds. The molecule has 3 rings (SSSR count). The highest BCUT2D eigenvalue weighted by Gasteiger charge is 2.37. The second-order valence-corrected chi connectivity index (χ2v) is 9.10. The normalized spacial score (nSPS) is 14.9. The van der Waals surface area contributed by atoms with Gasteiger partial charge in [-0.2, -0.15) is 5.10 Å². The van der Waals surface area contributed by atoms with Crippen LogP contribution in [0, 0.1) is 13.8 Å². The largest absolute Gasteiger partial charge is 0.341 e. The van der Waals surface area contributed by atoms with Gasteiger partial charge in [-0.3, -0.25) is 4.68 Å². The predicted molar refractivity (Wildman–Crippen MR) is 102 cm³/mol. The van der Waals surface area contributed by atoms with Crippen molar-refractivity contribution in [1.29, 1.82) is 0 Å². The summed E-state index contributed by atoms with van der Waals surface area (Å²) >= 11 is 1.64. The molecule has 27 heavy (non-hydrogen) atoms. The van der Waals surface area contributed by atoms with E-state index >= 15 is 0 Å². The molecule has 0 aliphatic carbocycles. The first-order valence-corrected chi connectivity index (χ1v) is 11.1. The van der Waals surface area contributed by atoms with E-state index in [1.807, 2.05) is 36.0 Å². The van der Waals surface area contributed by atoms with E-state index in [1.54, 1.807) is 11.3 Å². The van der Waals surface area contributed by atoms with E-state index in [0.717, 1.165) is 33.0 Å². The number of aryl methyl sites for hydroxylation is 1. The Bertz CT molecular complexity index is 965. The molecule has 3 heterocycles. The van der Waals surface area contributed by atoms with Gasteiger partial charge in [-0.1, -0.05) is 6.07 Å². The topological polar surface area (TPSA) is 105 Å². The zero-order valence-corrected chi connectivity index (χ0v) is 16.9. The lowest BCUT2D eigenvalue weighted by Crippen LogP contribution is -2.44. The van der Waals surface area contributed by atoms with E-state index in [9.17, 15) is 18.0 Å². The van der Waals surface area contributed by atoms with Crippen LogP contribution in [0.25, 0.3) is 10.4 Å². The number of carbonyl (C=O) groups is 2. The minimum Gasteiger partial charge on any atom is -0.336 e. The molecule has 2 aromatic heterocycles. The van der Waals surface area contributed by atoms with Crippen LogP contribution in [-0.4, -0.2) is 65.4 Å². The number of thiophene rings is 1. The molecule has 0 radical (unpaired) electrons. The second-order valence-electron chi connectivity index (χ2n) is 6.25. The smallest absolute Gasteiger partial charge is 0.336 e. The van der Waals surface area contributed by atoms with Gasteiger partial charge < -0.3 is 5.32 Å². The molecule has 1 N–H and O–H groups in total. The number of rotatable bonds is 5. The van der Waals surface area contributed by atoms with Gasteiger partial charge in [0.05, 0.1) is 31.6 Å². The van der Waals surface area contributed by atoms with Gasteiger partial charge in [0.15, 0.2) is 0 Å². The Morgan fingerprint density at radius 1 is 1.33 bits per heavy atom. The molecule has 2 aromatic rings. The Morgan fingerprint density at radius 2 is 2.07 bits per heavy atom. The van der Waals surface area contributed by atoms with E-state index in [0.29, 0.717) is 10.8 Å². The molecule has 0 bridgehead atoms. The summed E-state index contributed by atoms with van der Waals surface area (Å²) in [6, 6.07) is 2.61. The first-order valence-electron chi connectivity index (χ1n) is 8.35. The summed E-state index contributed by atoms with van der Waals surface area (Å²) in [5.74, 6) is 0. The van der Waals surface area contributed by atoms with E-state index in [4.69, 9.17) is 0 Å². The molecule has 11 heteroatoms. The van der Waals surface area contributed by atoms with Crippen molar-refractivity contribution in [3.8, 4) is 10.4 Å². The van der Waals surface area contributed by atoms with Crippen molar-refractivity contribution < 1.29 is 18.0 Å². The van der Waals surface area contributed by atoms with E-state index in [2.05, 4.69) is 10.4 Å². The fraction of sp³-hybridized carbons (Fsp3) is 0.438. The van der Waals surface area contributed by atoms with Crippen LogP contribution in [0.4, 0.5) is 9.59 Å². The Kier molecular flexibility index (Phi) is 5.24. The fourth-order valence-electron chi connectivity index (χ4n) is 3.07. The van der Waals surface area contributed by atoms with Crippen LogP contribution in [0.5, 0.6) is 0 Å². The molecule has 9 nitrogen and oxygen atoms in total. The second kappa shape index (κ2) is 7.31. The Balaban J connectivity index is 1.60. The summed E-state index contributed by atoms with van der Waals surface area (Å²) < 4.78 is 25.5. The molecule has 0 saturated carbocycles. The van der Waals surface area contributed by atoms with Crippen molar-refractivity contribution in [2.45, 2.75) is 20.4 Å². The maximum atomic E-state index is 12.2. The lowest BCUT2D eigenvalue weighted by molar-refractivity contribution is 0.193. The van der Waals surface area contributed by atoms with Crippen LogP contribution in [0.1, 0.15) is 11.4 Å². The van der Waals surface area contributed by atoms with Crippen molar-refractivity contribution in [2.24, 2.45) is 0 Å². The highest BCUT2D eigenvalue weighted by Crippen LogP contribution is 2.30. The van der Waals surface area contributed by atoms with Crippen LogP contribution in [0.2, 0.25) is 0 Å². The Labute approximate surface area is 161 Å². The number of nitrogens with zero attached hydrogens (tertiary/aromatic N) is 4. The van der Waals surface area contributed by atoms with Gasteiger partial charge in [-0.05, 0) is 25.3 Å². The number of hydrogen-bond acceptors (Lipinski definition) is 6. The van der Waals surface area contributed by atoms with Crippen LogP contribution >= 0.6 is 11.3 Å². The summed E-state index contributed by atoms with van der Waals surface area (Å²) in [7, 11) is -3.66. The van der Waals surface area contributed by atoms with Crippen molar-refractivity contribution in [2.75, 3.05) is 25.9 Å². The number of urea groups is 2. The van der Waals surface area contributed by atoms with E-state index in [1.165, 1.54) is 0 Å². The molecule has 0 atom stereocenters. The van der Waals surface area contributed by atoms with Crippen molar-refractivity contribution in [3.05, 3.63) is 28.9 Å². The van der Waals surface area contributed by atoms with Gasteiger partial charge in [0.25, 0.3) is 0 Å². The van der Waals surface area contributed by atoms with Crippen LogP contribution in [0.3, 0.4) is 0 Å². The van der Waals surface area contributed by atoms with Crippen LogP contribution in [-0.2, 0) is 16.6 Å². The van der Waals surface area contributed by atoms with Crippen molar-refractivity contribution in [1.82, 2.24) is 24.3 Å². The average Bonchev–Trinajstić information content (AvgIpc) is 3.27. The van der Waals surface area contributed by atoms with Gasteiger partial charge in [-0.15, -0.1) is 11.3 Å². The van der Waals surface area contributed by atoms with Crippen molar-refractivity contribution >= 4 is 33.4 Å². The maximum Gasteiger partial charge on any atom is 0.341 e. The third-order valence-electron chi connectivity index (χ3n) is 4.37. The molecule has 1 aliphatic rings. The zero-order valence-electron chi connectivity index (χ0n) is 15.3. The zero-order chi connectivity index (χ0) is 19.8. The number of carbonyl (C=O) groups excluding carboxylic acids is 2. The van der Waals surface area contributed by atoms with Crippen LogP contribution < -0.4 is 5.32 Å². The first-order chi connectivity index (χ1) is 12.7. The molecule has 1 aliphatic heterocycles. The fourth-order valence-corrected chi connectivity index (χ4v) is 4.74. The SMILES string of the molecule is Cc1nn(CCNC(=O)N2CCN(S(C)(=O)=O)C2=O)c(C)c1-c1cccs1. The summed E-state index contributed by atoms with van der Waals surface area (Å²) in [5.41, 5.74) is 3.01. The lowest BCUT2D eigenvalue weighted by atomic mass is 10.1. The number of amides is 4. The molecule has 0 spiro atoms.